The first-order valence-electron chi connectivity index (χ1n) is 5.87. The molecule has 0 unspecified atom stereocenters. The molecule has 0 spiro atoms. The van der Waals surface area contributed by atoms with Crippen molar-refractivity contribution in [2.45, 2.75) is 13.1 Å². The Kier molecular flexibility index (Phi) is 4.08. The molecular weight excluding hydrogens is 351 g/mol. The average molecular weight is 362 g/mol. The molecule has 0 atom stereocenters. The van der Waals surface area contributed by atoms with Crippen molar-refractivity contribution in [2.24, 2.45) is 7.05 Å². The number of aryl methyl sites for hydroxylation is 2. The first kappa shape index (κ1) is 15.6. The molecule has 0 bridgehead atoms. The molecule has 2 rings (SSSR count). The van der Waals surface area contributed by atoms with Gasteiger partial charge in [0.1, 0.15) is 5.69 Å². The fraction of sp³-hybridized carbons (Fsp3) is 0.231. The molecule has 8 heteroatoms. The van der Waals surface area contributed by atoms with Gasteiger partial charge in [-0.2, -0.15) is 18.3 Å². The van der Waals surface area contributed by atoms with Crippen molar-refractivity contribution < 1.29 is 18.0 Å². The summed E-state index contributed by atoms with van der Waals surface area (Å²) >= 11 is 3.29. The van der Waals surface area contributed by atoms with Crippen molar-refractivity contribution in [2.75, 3.05) is 5.32 Å². The summed E-state index contributed by atoms with van der Waals surface area (Å²) < 4.78 is 39.5. The van der Waals surface area contributed by atoms with E-state index >= 15 is 0 Å². The molecule has 1 aromatic carbocycles. The second-order valence-corrected chi connectivity index (χ2v) is 5.37. The predicted octanol–water partition coefficient (Wildman–Crippen LogP) is 3.76. The second-order valence-electron chi connectivity index (χ2n) is 4.45. The van der Waals surface area contributed by atoms with Crippen LogP contribution in [0, 0.1) is 6.92 Å². The van der Waals surface area contributed by atoms with Gasteiger partial charge in [-0.15, -0.1) is 0 Å². The van der Waals surface area contributed by atoms with Crippen molar-refractivity contribution >= 4 is 27.5 Å². The molecule has 1 aromatic heterocycles. The third-order valence-corrected chi connectivity index (χ3v) is 3.33. The summed E-state index contributed by atoms with van der Waals surface area (Å²) in [5.74, 6) is -0.647. The van der Waals surface area contributed by atoms with E-state index in [9.17, 15) is 18.0 Å². The minimum absolute atomic E-state index is 0.162. The van der Waals surface area contributed by atoms with Crippen LogP contribution in [0.4, 0.5) is 18.9 Å². The Morgan fingerprint density at radius 3 is 2.52 bits per heavy atom. The molecule has 2 aromatic rings. The highest BCUT2D eigenvalue weighted by Crippen LogP contribution is 2.28. The zero-order chi connectivity index (χ0) is 15.8. The monoisotopic (exact) mass is 361 g/mol. The van der Waals surface area contributed by atoms with Crippen molar-refractivity contribution in [3.63, 3.8) is 0 Å². The van der Waals surface area contributed by atoms with Crippen LogP contribution in [0.25, 0.3) is 0 Å². The molecule has 21 heavy (non-hydrogen) atoms. The first-order valence-corrected chi connectivity index (χ1v) is 6.66. The van der Waals surface area contributed by atoms with E-state index in [0.29, 0.717) is 5.69 Å². The maximum absolute atomic E-state index is 12.6. The van der Waals surface area contributed by atoms with Crippen LogP contribution in [-0.4, -0.2) is 15.7 Å². The zero-order valence-corrected chi connectivity index (χ0v) is 12.7. The molecule has 1 N–H and O–H groups in total. The van der Waals surface area contributed by atoms with Gasteiger partial charge in [0.2, 0.25) is 0 Å². The molecule has 1 heterocycles. The van der Waals surface area contributed by atoms with Gasteiger partial charge < -0.3 is 5.32 Å². The number of nitrogens with one attached hydrogen (secondary N) is 1. The topological polar surface area (TPSA) is 46.9 Å². The molecule has 0 aliphatic heterocycles. The summed E-state index contributed by atoms with van der Waals surface area (Å²) in [7, 11) is 1.29. The molecule has 0 fully saturated rings. The first-order chi connectivity index (χ1) is 9.68. The zero-order valence-electron chi connectivity index (χ0n) is 11.1. The highest BCUT2D eigenvalue weighted by molar-refractivity contribution is 9.10. The largest absolute Gasteiger partial charge is 0.435 e. The van der Waals surface area contributed by atoms with Gasteiger partial charge in [-0.25, -0.2) is 0 Å². The van der Waals surface area contributed by atoms with Crippen molar-refractivity contribution in [3.05, 3.63) is 45.7 Å². The molecule has 112 valence electrons. The van der Waals surface area contributed by atoms with Gasteiger partial charge in [0.15, 0.2) is 5.69 Å². The van der Waals surface area contributed by atoms with Crippen LogP contribution in [0.1, 0.15) is 21.7 Å². The lowest BCUT2D eigenvalue weighted by Gasteiger charge is -2.08. The number of anilines is 1. The fourth-order valence-electron chi connectivity index (χ4n) is 1.77. The minimum Gasteiger partial charge on any atom is -0.320 e. The summed E-state index contributed by atoms with van der Waals surface area (Å²) in [6.07, 6.45) is -4.58. The number of nitrogens with zero attached hydrogens (tertiary/aromatic N) is 2. The quantitative estimate of drug-likeness (QED) is 0.884. The number of halogens is 4. The highest BCUT2D eigenvalue weighted by atomic mass is 79.9. The van der Waals surface area contributed by atoms with Gasteiger partial charge in [-0.3, -0.25) is 9.48 Å². The molecule has 0 aliphatic rings. The Balaban J connectivity index is 2.27. The number of carbonyl (C=O) groups is 1. The van der Waals surface area contributed by atoms with E-state index in [1.54, 1.807) is 25.1 Å². The van der Waals surface area contributed by atoms with E-state index in [2.05, 4.69) is 26.3 Å². The highest BCUT2D eigenvalue weighted by Gasteiger charge is 2.35. The molecule has 4 nitrogen and oxygen atoms in total. The predicted molar refractivity (Wildman–Crippen MR) is 75.0 cm³/mol. The van der Waals surface area contributed by atoms with Crippen LogP contribution < -0.4 is 5.32 Å². The number of alkyl halides is 3. The number of hydrogen-bond donors (Lipinski definition) is 1. The van der Waals surface area contributed by atoms with Crippen LogP contribution in [0.15, 0.2) is 28.7 Å². The summed E-state index contributed by atoms with van der Waals surface area (Å²) in [5, 5.41) is 5.88. The normalized spacial score (nSPS) is 11.5. The van der Waals surface area contributed by atoms with Gasteiger partial charge in [-0.1, -0.05) is 15.9 Å². The smallest absolute Gasteiger partial charge is 0.320 e. The Bertz CT molecular complexity index is 694. The van der Waals surface area contributed by atoms with E-state index in [4.69, 9.17) is 0 Å². The number of carbonyl (C=O) groups excluding carboxylic acids is 1. The Labute approximate surface area is 127 Å². The Hall–Kier alpha value is -1.83. The molecule has 0 radical (unpaired) electrons. The number of rotatable bonds is 2. The van der Waals surface area contributed by atoms with Crippen molar-refractivity contribution in [1.82, 2.24) is 9.78 Å². The van der Waals surface area contributed by atoms with Gasteiger partial charge in [-0.05, 0) is 30.7 Å². The maximum atomic E-state index is 12.6. The third-order valence-electron chi connectivity index (χ3n) is 2.84. The number of aromatic nitrogens is 2. The van der Waals surface area contributed by atoms with Crippen LogP contribution >= 0.6 is 15.9 Å². The lowest BCUT2D eigenvalue weighted by Crippen LogP contribution is -2.16. The van der Waals surface area contributed by atoms with E-state index in [1.165, 1.54) is 7.05 Å². The second kappa shape index (κ2) is 5.51. The van der Waals surface area contributed by atoms with Crippen LogP contribution in [-0.2, 0) is 13.2 Å². The van der Waals surface area contributed by atoms with E-state index in [1.807, 2.05) is 0 Å². The summed E-state index contributed by atoms with van der Waals surface area (Å²) in [4.78, 5) is 12.1. The van der Waals surface area contributed by atoms with Gasteiger partial charge in [0.05, 0.1) is 0 Å². The van der Waals surface area contributed by atoms with Crippen molar-refractivity contribution in [1.29, 1.82) is 0 Å². The Morgan fingerprint density at radius 2 is 2.00 bits per heavy atom. The van der Waals surface area contributed by atoms with Gasteiger partial charge >= 0.3 is 6.18 Å². The van der Waals surface area contributed by atoms with Gasteiger partial charge in [0.25, 0.3) is 5.91 Å². The van der Waals surface area contributed by atoms with Crippen LogP contribution in [0.2, 0.25) is 0 Å². The summed E-state index contributed by atoms with van der Waals surface area (Å²) in [6.45, 7) is 1.78. The molecule has 1 amide bonds. The SMILES string of the molecule is Cc1cc(Br)ccc1NC(=O)c1cc(C(F)(F)F)nn1C. The molecule has 0 saturated carbocycles. The standard InChI is InChI=1S/C13H11BrF3N3O/c1-7-5-8(14)3-4-9(7)18-12(21)10-6-11(13(15,16)17)19-20(10)2/h3-6H,1-2H3,(H,18,21). The molecule has 0 saturated heterocycles. The van der Waals surface area contributed by atoms with E-state index < -0.39 is 17.8 Å². The number of amides is 1. The third kappa shape index (κ3) is 3.44. The fourth-order valence-corrected chi connectivity index (χ4v) is 2.25. The minimum atomic E-state index is -4.58. The Morgan fingerprint density at radius 1 is 1.33 bits per heavy atom. The van der Waals surface area contributed by atoms with Crippen LogP contribution in [0.5, 0.6) is 0 Å². The van der Waals surface area contributed by atoms with E-state index in [0.717, 1.165) is 20.8 Å². The maximum Gasteiger partial charge on any atom is 0.435 e. The van der Waals surface area contributed by atoms with Gasteiger partial charge in [0, 0.05) is 23.3 Å². The molecule has 0 aliphatic carbocycles. The summed E-state index contributed by atoms with van der Waals surface area (Å²) in [6, 6.07) is 5.91. The van der Waals surface area contributed by atoms with E-state index in [-0.39, 0.29) is 5.69 Å². The lowest BCUT2D eigenvalue weighted by molar-refractivity contribution is -0.141. The lowest BCUT2D eigenvalue weighted by atomic mass is 10.2. The molecular formula is C13H11BrF3N3O. The number of benzene rings is 1. The average Bonchev–Trinajstić information content (AvgIpc) is 2.75. The summed E-state index contributed by atoms with van der Waals surface area (Å²) in [5.41, 5.74) is 0.0567. The number of hydrogen-bond acceptors (Lipinski definition) is 2. The van der Waals surface area contributed by atoms with Crippen molar-refractivity contribution in [3.8, 4) is 0 Å². The van der Waals surface area contributed by atoms with Crippen LogP contribution in [0.3, 0.4) is 0 Å².